The minimum absolute atomic E-state index is 0.253. The summed E-state index contributed by atoms with van der Waals surface area (Å²) < 4.78 is 6.15. The molecule has 1 heterocycles. The Morgan fingerprint density at radius 2 is 2.29 bits per heavy atom. The summed E-state index contributed by atoms with van der Waals surface area (Å²) >= 11 is 0. The van der Waals surface area contributed by atoms with Crippen LogP contribution in [-0.2, 0) is 16.1 Å². The number of esters is 1. The molecular formula is C9H12N2O3. The van der Waals surface area contributed by atoms with E-state index >= 15 is 0 Å². The third-order valence-electron chi connectivity index (χ3n) is 1.82. The van der Waals surface area contributed by atoms with Crippen LogP contribution in [0.4, 0.5) is 0 Å². The third-order valence-corrected chi connectivity index (χ3v) is 1.82. The molecule has 0 N–H and O–H groups in total. The Morgan fingerprint density at radius 3 is 2.79 bits per heavy atom. The molecule has 0 amide bonds. The van der Waals surface area contributed by atoms with Gasteiger partial charge in [-0.05, 0) is 6.92 Å². The van der Waals surface area contributed by atoms with Gasteiger partial charge in [-0.1, -0.05) is 0 Å². The minimum atomic E-state index is -0.541. The molecule has 1 aromatic rings. The molecular weight excluding hydrogens is 184 g/mol. The van der Waals surface area contributed by atoms with Crippen molar-refractivity contribution < 1.29 is 14.3 Å². The van der Waals surface area contributed by atoms with E-state index in [1.807, 2.05) is 6.92 Å². The lowest BCUT2D eigenvalue weighted by Crippen LogP contribution is -2.09. The Morgan fingerprint density at radius 1 is 1.57 bits per heavy atom. The molecule has 1 rings (SSSR count). The SMILES string of the molecule is CCn1cnc(C(=O)CC(=O)OC)c1. The summed E-state index contributed by atoms with van der Waals surface area (Å²) in [7, 11) is 1.25. The molecule has 0 saturated heterocycles. The molecule has 0 atom stereocenters. The molecule has 5 nitrogen and oxygen atoms in total. The zero-order valence-electron chi connectivity index (χ0n) is 8.19. The molecule has 14 heavy (non-hydrogen) atoms. The summed E-state index contributed by atoms with van der Waals surface area (Å²) in [5.74, 6) is -0.856. The number of aryl methyl sites for hydroxylation is 1. The Balaban J connectivity index is 2.65. The van der Waals surface area contributed by atoms with Crippen molar-refractivity contribution in [1.29, 1.82) is 0 Å². The highest BCUT2D eigenvalue weighted by Crippen LogP contribution is 2.01. The van der Waals surface area contributed by atoms with E-state index in [0.29, 0.717) is 5.69 Å². The zero-order chi connectivity index (χ0) is 10.6. The summed E-state index contributed by atoms with van der Waals surface area (Å²) in [6.45, 7) is 2.69. The summed E-state index contributed by atoms with van der Waals surface area (Å²) in [5.41, 5.74) is 0.303. The van der Waals surface area contributed by atoms with Crippen LogP contribution < -0.4 is 0 Å². The maximum absolute atomic E-state index is 11.4. The summed E-state index contributed by atoms with van der Waals surface area (Å²) in [6.07, 6.45) is 2.92. The van der Waals surface area contributed by atoms with E-state index in [2.05, 4.69) is 9.72 Å². The van der Waals surface area contributed by atoms with Crippen molar-refractivity contribution >= 4 is 11.8 Å². The smallest absolute Gasteiger partial charge is 0.313 e. The van der Waals surface area contributed by atoms with Crippen molar-refractivity contribution in [3.63, 3.8) is 0 Å². The second kappa shape index (κ2) is 4.55. The van der Waals surface area contributed by atoms with Gasteiger partial charge in [0.15, 0.2) is 5.78 Å². The average molecular weight is 196 g/mol. The van der Waals surface area contributed by atoms with E-state index in [9.17, 15) is 9.59 Å². The van der Waals surface area contributed by atoms with Crippen LogP contribution >= 0.6 is 0 Å². The maximum atomic E-state index is 11.4. The fourth-order valence-corrected chi connectivity index (χ4v) is 0.971. The molecule has 0 aromatic carbocycles. The Bertz CT molecular complexity index is 344. The topological polar surface area (TPSA) is 61.2 Å². The van der Waals surface area contributed by atoms with Gasteiger partial charge < -0.3 is 9.30 Å². The highest BCUT2D eigenvalue weighted by atomic mass is 16.5. The number of rotatable bonds is 4. The first-order valence-corrected chi connectivity index (χ1v) is 4.29. The highest BCUT2D eigenvalue weighted by molar-refractivity contribution is 6.04. The molecule has 0 unspecified atom stereocenters. The van der Waals surface area contributed by atoms with Crippen LogP contribution in [0.15, 0.2) is 12.5 Å². The largest absolute Gasteiger partial charge is 0.469 e. The predicted octanol–water partition coefficient (Wildman–Crippen LogP) is 0.649. The molecule has 0 spiro atoms. The van der Waals surface area contributed by atoms with E-state index in [-0.39, 0.29) is 12.2 Å². The summed E-state index contributed by atoms with van der Waals surface area (Å²) in [6, 6.07) is 0. The lowest BCUT2D eigenvalue weighted by atomic mass is 10.2. The third kappa shape index (κ3) is 2.42. The van der Waals surface area contributed by atoms with E-state index in [1.54, 1.807) is 17.1 Å². The van der Waals surface area contributed by atoms with E-state index in [0.717, 1.165) is 6.54 Å². The van der Waals surface area contributed by atoms with Crippen LogP contribution in [0, 0.1) is 0 Å². The number of hydrogen-bond donors (Lipinski definition) is 0. The van der Waals surface area contributed by atoms with Crippen LogP contribution in [0.25, 0.3) is 0 Å². The molecule has 0 aliphatic carbocycles. The molecule has 0 saturated carbocycles. The Kier molecular flexibility index (Phi) is 3.39. The standard InChI is InChI=1S/C9H12N2O3/c1-3-11-5-7(10-6-11)8(12)4-9(13)14-2/h5-6H,3-4H2,1-2H3. The van der Waals surface area contributed by atoms with Gasteiger partial charge in [0.05, 0.1) is 13.4 Å². The van der Waals surface area contributed by atoms with Gasteiger partial charge in [-0.2, -0.15) is 0 Å². The van der Waals surface area contributed by atoms with Gasteiger partial charge in [-0.25, -0.2) is 4.98 Å². The molecule has 0 radical (unpaired) electrons. The van der Waals surface area contributed by atoms with Gasteiger partial charge in [0, 0.05) is 12.7 Å². The van der Waals surface area contributed by atoms with Crippen molar-refractivity contribution in [3.05, 3.63) is 18.2 Å². The van der Waals surface area contributed by atoms with Crippen LogP contribution in [0.1, 0.15) is 23.8 Å². The molecule has 5 heteroatoms. The van der Waals surface area contributed by atoms with Crippen molar-refractivity contribution in [3.8, 4) is 0 Å². The first kappa shape index (κ1) is 10.4. The molecule has 0 fully saturated rings. The van der Waals surface area contributed by atoms with Crippen molar-refractivity contribution in [2.45, 2.75) is 19.9 Å². The second-order valence-corrected chi connectivity index (χ2v) is 2.77. The first-order chi connectivity index (χ1) is 6.67. The normalized spacial score (nSPS) is 9.86. The van der Waals surface area contributed by atoms with E-state index < -0.39 is 5.97 Å². The Labute approximate surface area is 81.7 Å². The van der Waals surface area contributed by atoms with Gasteiger partial charge in [0.25, 0.3) is 0 Å². The fraction of sp³-hybridized carbons (Fsp3) is 0.444. The van der Waals surface area contributed by atoms with Crippen LogP contribution in [0.2, 0.25) is 0 Å². The van der Waals surface area contributed by atoms with Gasteiger partial charge in [-0.3, -0.25) is 9.59 Å². The number of imidazole rings is 1. The summed E-state index contributed by atoms with van der Waals surface area (Å²) in [4.78, 5) is 26.0. The second-order valence-electron chi connectivity index (χ2n) is 2.77. The van der Waals surface area contributed by atoms with Gasteiger partial charge in [0.2, 0.25) is 0 Å². The summed E-state index contributed by atoms with van der Waals surface area (Å²) in [5, 5.41) is 0. The highest BCUT2D eigenvalue weighted by Gasteiger charge is 2.13. The number of ketones is 1. The van der Waals surface area contributed by atoms with Crippen LogP contribution in [0.5, 0.6) is 0 Å². The average Bonchev–Trinajstić information content (AvgIpc) is 2.65. The number of carbonyl (C=O) groups excluding carboxylic acids is 2. The van der Waals surface area contributed by atoms with E-state index in [4.69, 9.17) is 0 Å². The van der Waals surface area contributed by atoms with Gasteiger partial charge >= 0.3 is 5.97 Å². The van der Waals surface area contributed by atoms with Gasteiger partial charge in [-0.15, -0.1) is 0 Å². The number of ether oxygens (including phenoxy) is 1. The van der Waals surface area contributed by atoms with Crippen LogP contribution in [-0.4, -0.2) is 28.4 Å². The minimum Gasteiger partial charge on any atom is -0.469 e. The Hall–Kier alpha value is -1.65. The molecule has 0 aliphatic rings. The predicted molar refractivity (Wildman–Crippen MR) is 48.9 cm³/mol. The lowest BCUT2D eigenvalue weighted by Gasteiger charge is -1.95. The molecule has 76 valence electrons. The van der Waals surface area contributed by atoms with Crippen molar-refractivity contribution in [2.75, 3.05) is 7.11 Å². The molecule has 0 aliphatic heterocycles. The number of aromatic nitrogens is 2. The number of carbonyl (C=O) groups is 2. The lowest BCUT2D eigenvalue weighted by molar-refractivity contribution is -0.139. The van der Waals surface area contributed by atoms with E-state index in [1.165, 1.54) is 7.11 Å². The molecule has 1 aromatic heterocycles. The molecule has 0 bridgehead atoms. The monoisotopic (exact) mass is 196 g/mol. The number of methoxy groups -OCH3 is 1. The van der Waals surface area contributed by atoms with Crippen molar-refractivity contribution in [1.82, 2.24) is 9.55 Å². The number of hydrogen-bond acceptors (Lipinski definition) is 4. The van der Waals surface area contributed by atoms with Gasteiger partial charge in [0.1, 0.15) is 12.1 Å². The first-order valence-electron chi connectivity index (χ1n) is 4.29. The fourth-order valence-electron chi connectivity index (χ4n) is 0.971. The number of nitrogens with zero attached hydrogens (tertiary/aromatic N) is 2. The number of Topliss-reactive ketones (excluding diaryl/α,β-unsaturated/α-hetero) is 1. The van der Waals surface area contributed by atoms with Crippen LogP contribution in [0.3, 0.4) is 0 Å². The quantitative estimate of drug-likeness (QED) is 0.403. The zero-order valence-corrected chi connectivity index (χ0v) is 8.19. The van der Waals surface area contributed by atoms with Crippen molar-refractivity contribution in [2.24, 2.45) is 0 Å². The maximum Gasteiger partial charge on any atom is 0.313 e.